The van der Waals surface area contributed by atoms with Gasteiger partial charge in [-0.1, -0.05) is 24.3 Å². The number of ether oxygens (including phenoxy) is 1. The van der Waals surface area contributed by atoms with Crippen LogP contribution in [0, 0.1) is 5.92 Å². The molecule has 1 aliphatic carbocycles. The fourth-order valence-electron chi connectivity index (χ4n) is 4.22. The van der Waals surface area contributed by atoms with Crippen molar-refractivity contribution in [2.24, 2.45) is 5.92 Å². The minimum atomic E-state index is -0.707. The number of hydrogen-bond donors (Lipinski definition) is 2. The molecular weight excluding hydrogens is 418 g/mol. The molecule has 8 heteroatoms. The third-order valence-corrected chi connectivity index (χ3v) is 6.28. The number of benzene rings is 2. The molecule has 1 aromatic heterocycles. The molecule has 2 aromatic carbocycles. The van der Waals surface area contributed by atoms with Crippen molar-refractivity contribution in [3.8, 4) is 16.9 Å². The van der Waals surface area contributed by atoms with E-state index in [0.717, 1.165) is 35.2 Å². The molecule has 2 N–H and O–H groups in total. The number of hydrogen-bond acceptors (Lipinski definition) is 4. The van der Waals surface area contributed by atoms with Gasteiger partial charge >= 0.3 is 6.03 Å². The molecule has 170 valence electrons. The number of H-pyrrole nitrogens is 1. The Morgan fingerprint density at radius 2 is 2.00 bits per heavy atom. The number of nitrogens with zero attached hydrogens (tertiary/aromatic N) is 3. The molecule has 3 aromatic rings. The third-order valence-electron chi connectivity index (χ3n) is 6.28. The second-order valence-electron chi connectivity index (χ2n) is 8.53. The van der Waals surface area contributed by atoms with Crippen LogP contribution in [0.2, 0.25) is 0 Å². The molecule has 5 rings (SSSR count). The number of aromatic amines is 1. The smallest absolute Gasteiger partial charge is 0.325 e. The minimum Gasteiger partial charge on any atom is -0.497 e. The van der Waals surface area contributed by atoms with E-state index >= 15 is 0 Å². The normalized spacial score (nSPS) is 16.7. The van der Waals surface area contributed by atoms with Crippen LogP contribution < -0.4 is 15.0 Å². The first-order chi connectivity index (χ1) is 16.1. The van der Waals surface area contributed by atoms with Crippen molar-refractivity contribution in [3.63, 3.8) is 0 Å². The van der Waals surface area contributed by atoms with Crippen LogP contribution in [0.25, 0.3) is 11.1 Å². The fraction of sp³-hybridized carbons (Fsp3) is 0.320. The highest BCUT2D eigenvalue weighted by Crippen LogP contribution is 2.32. The molecule has 8 nitrogen and oxygen atoms in total. The van der Waals surface area contributed by atoms with E-state index in [4.69, 9.17) is 4.74 Å². The lowest BCUT2D eigenvalue weighted by Gasteiger charge is -2.28. The minimum absolute atomic E-state index is 0.152. The Balaban J connectivity index is 1.38. The summed E-state index contributed by atoms with van der Waals surface area (Å²) in [5, 5.41) is 9.85. The number of urea groups is 1. The predicted molar refractivity (Wildman–Crippen MR) is 125 cm³/mol. The van der Waals surface area contributed by atoms with Gasteiger partial charge < -0.3 is 15.0 Å². The summed E-state index contributed by atoms with van der Waals surface area (Å²) in [5.74, 6) is 1.06. The standard InChI is InChI=1S/C25H27N5O3/c1-33-22-4-2-3-19(13-22)23(24(31)26-14-17-5-6-17)30-12-11-29(25(30)32)21-9-7-18(8-10-21)20-15-27-28-16-20/h2-4,7-10,13,15-17,23H,5-6,11-12,14H2,1H3,(H,26,31)(H,27,28). The number of aromatic nitrogens is 2. The quantitative estimate of drug-likeness (QED) is 0.554. The van der Waals surface area contributed by atoms with Crippen molar-refractivity contribution in [2.45, 2.75) is 18.9 Å². The predicted octanol–water partition coefficient (Wildman–Crippen LogP) is 3.59. The van der Waals surface area contributed by atoms with Crippen LogP contribution in [0.1, 0.15) is 24.4 Å². The SMILES string of the molecule is COc1cccc(C(C(=O)NCC2CC2)N2CCN(c3ccc(-c4cn[nH]c4)cc3)C2=O)c1. The van der Waals surface area contributed by atoms with Crippen molar-refractivity contribution in [3.05, 3.63) is 66.5 Å². The lowest BCUT2D eigenvalue weighted by molar-refractivity contribution is -0.125. The van der Waals surface area contributed by atoms with Gasteiger partial charge in [0, 0.05) is 37.1 Å². The maximum atomic E-state index is 13.5. The summed E-state index contributed by atoms with van der Waals surface area (Å²) in [6, 6.07) is 14.3. The number of methoxy groups -OCH3 is 1. The molecule has 2 fully saturated rings. The van der Waals surface area contributed by atoms with E-state index in [2.05, 4.69) is 15.5 Å². The van der Waals surface area contributed by atoms with Gasteiger partial charge in [0.2, 0.25) is 5.91 Å². The van der Waals surface area contributed by atoms with Gasteiger partial charge in [0.25, 0.3) is 0 Å². The average molecular weight is 446 g/mol. The average Bonchev–Trinajstić information content (AvgIpc) is 3.37. The molecule has 1 saturated heterocycles. The first-order valence-corrected chi connectivity index (χ1v) is 11.2. The third kappa shape index (κ3) is 4.41. The highest BCUT2D eigenvalue weighted by molar-refractivity contribution is 5.98. The summed E-state index contributed by atoms with van der Waals surface area (Å²) >= 11 is 0. The van der Waals surface area contributed by atoms with Gasteiger partial charge in [0.1, 0.15) is 11.8 Å². The fourth-order valence-corrected chi connectivity index (χ4v) is 4.22. The van der Waals surface area contributed by atoms with Crippen molar-refractivity contribution < 1.29 is 14.3 Å². The van der Waals surface area contributed by atoms with Crippen molar-refractivity contribution in [2.75, 3.05) is 31.6 Å². The second kappa shape index (κ2) is 8.97. The molecule has 2 heterocycles. The summed E-state index contributed by atoms with van der Waals surface area (Å²) < 4.78 is 5.36. The van der Waals surface area contributed by atoms with Crippen LogP contribution in [0.15, 0.2) is 60.9 Å². The van der Waals surface area contributed by atoms with E-state index in [-0.39, 0.29) is 11.9 Å². The van der Waals surface area contributed by atoms with Gasteiger partial charge in [0.15, 0.2) is 0 Å². The molecule has 0 bridgehead atoms. The molecular formula is C25H27N5O3. The van der Waals surface area contributed by atoms with E-state index in [9.17, 15) is 9.59 Å². The Labute approximate surface area is 192 Å². The number of carbonyl (C=O) groups is 2. The lowest BCUT2D eigenvalue weighted by atomic mass is 10.0. The number of nitrogens with one attached hydrogen (secondary N) is 2. The second-order valence-corrected chi connectivity index (χ2v) is 8.53. The number of anilines is 1. The van der Waals surface area contributed by atoms with Crippen molar-refractivity contribution >= 4 is 17.6 Å². The molecule has 33 heavy (non-hydrogen) atoms. The molecule has 1 atom stereocenters. The van der Waals surface area contributed by atoms with Gasteiger partial charge in [0.05, 0.1) is 13.3 Å². The zero-order chi connectivity index (χ0) is 22.8. The van der Waals surface area contributed by atoms with Crippen LogP contribution in [-0.4, -0.2) is 53.8 Å². The van der Waals surface area contributed by atoms with E-state index in [1.807, 2.05) is 54.7 Å². The largest absolute Gasteiger partial charge is 0.497 e. The topological polar surface area (TPSA) is 90.6 Å². The zero-order valence-electron chi connectivity index (χ0n) is 18.5. The maximum absolute atomic E-state index is 13.5. The highest BCUT2D eigenvalue weighted by atomic mass is 16.5. The molecule has 0 spiro atoms. The Bertz CT molecular complexity index is 1130. The molecule has 1 saturated carbocycles. The summed E-state index contributed by atoms with van der Waals surface area (Å²) in [4.78, 5) is 30.1. The number of amides is 3. The van der Waals surface area contributed by atoms with Gasteiger partial charge in [-0.05, 0) is 54.2 Å². The first-order valence-electron chi connectivity index (χ1n) is 11.2. The van der Waals surface area contributed by atoms with Crippen molar-refractivity contribution in [1.29, 1.82) is 0 Å². The summed E-state index contributed by atoms with van der Waals surface area (Å²) in [5.41, 5.74) is 3.55. The Kier molecular flexibility index (Phi) is 5.73. The monoisotopic (exact) mass is 445 g/mol. The first kappa shape index (κ1) is 21.1. The number of carbonyl (C=O) groups excluding carboxylic acids is 2. The molecule has 3 amide bonds. The molecule has 1 unspecified atom stereocenters. The molecule has 0 radical (unpaired) electrons. The Morgan fingerprint density at radius 3 is 2.70 bits per heavy atom. The van der Waals surface area contributed by atoms with Crippen LogP contribution in [0.3, 0.4) is 0 Å². The Morgan fingerprint density at radius 1 is 1.18 bits per heavy atom. The van der Waals surface area contributed by atoms with Crippen LogP contribution in [0.5, 0.6) is 5.75 Å². The van der Waals surface area contributed by atoms with E-state index in [1.165, 1.54) is 0 Å². The van der Waals surface area contributed by atoms with E-state index < -0.39 is 6.04 Å². The zero-order valence-corrected chi connectivity index (χ0v) is 18.5. The maximum Gasteiger partial charge on any atom is 0.325 e. The summed E-state index contributed by atoms with van der Waals surface area (Å²) in [6.45, 7) is 1.63. The Hall–Kier alpha value is -3.81. The van der Waals surface area contributed by atoms with E-state index in [1.54, 1.807) is 23.1 Å². The van der Waals surface area contributed by atoms with Crippen LogP contribution in [-0.2, 0) is 4.79 Å². The van der Waals surface area contributed by atoms with Gasteiger partial charge in [-0.2, -0.15) is 5.10 Å². The van der Waals surface area contributed by atoms with Crippen molar-refractivity contribution in [1.82, 2.24) is 20.4 Å². The van der Waals surface area contributed by atoms with Gasteiger partial charge in [-0.3, -0.25) is 14.8 Å². The van der Waals surface area contributed by atoms with Gasteiger partial charge in [-0.25, -0.2) is 4.79 Å². The number of rotatable bonds is 8. The summed E-state index contributed by atoms with van der Waals surface area (Å²) in [6.07, 6.45) is 5.89. The van der Waals surface area contributed by atoms with Crippen LogP contribution in [0.4, 0.5) is 10.5 Å². The highest BCUT2D eigenvalue weighted by Gasteiger charge is 2.39. The lowest BCUT2D eigenvalue weighted by Crippen LogP contribution is -2.43. The molecule has 1 aliphatic heterocycles. The molecule has 2 aliphatic rings. The van der Waals surface area contributed by atoms with E-state index in [0.29, 0.717) is 31.3 Å². The van der Waals surface area contributed by atoms with Crippen LogP contribution >= 0.6 is 0 Å². The summed E-state index contributed by atoms with van der Waals surface area (Å²) in [7, 11) is 1.59. The van der Waals surface area contributed by atoms with Gasteiger partial charge in [-0.15, -0.1) is 0 Å².